The fourth-order valence-electron chi connectivity index (χ4n) is 1.13. The minimum absolute atomic E-state index is 0.362. The van der Waals surface area contributed by atoms with Crippen molar-refractivity contribution in [3.63, 3.8) is 0 Å². The predicted octanol–water partition coefficient (Wildman–Crippen LogP) is 2.15. The molecule has 0 unspecified atom stereocenters. The largest absolute Gasteiger partial charge is 0.338 e. The third kappa shape index (κ3) is 2.37. The van der Waals surface area contributed by atoms with Crippen molar-refractivity contribution in [2.75, 3.05) is 0 Å². The van der Waals surface area contributed by atoms with Crippen molar-refractivity contribution in [1.82, 2.24) is 9.55 Å². The van der Waals surface area contributed by atoms with Crippen LogP contribution in [0.2, 0.25) is 0 Å². The monoisotopic (exact) mass is 153 g/mol. The Morgan fingerprint density at radius 1 is 1.64 bits per heavy atom. The third-order valence-electron chi connectivity index (χ3n) is 1.89. The molecule has 0 aliphatic heterocycles. The van der Waals surface area contributed by atoms with Gasteiger partial charge in [0.05, 0.1) is 6.30 Å². The van der Waals surface area contributed by atoms with Crippen molar-refractivity contribution < 1.29 is 1.37 Å². The highest BCUT2D eigenvalue weighted by atomic mass is 15.0. The minimum Gasteiger partial charge on any atom is -0.338 e. The van der Waals surface area contributed by atoms with Gasteiger partial charge in [-0.2, -0.15) is 0 Å². The van der Waals surface area contributed by atoms with E-state index >= 15 is 0 Å². The quantitative estimate of drug-likeness (QED) is 0.606. The number of rotatable bonds is 4. The maximum absolute atomic E-state index is 7.37. The molecule has 1 aromatic heterocycles. The van der Waals surface area contributed by atoms with Gasteiger partial charge >= 0.3 is 0 Å². The highest BCUT2D eigenvalue weighted by Gasteiger charge is 1.95. The molecule has 11 heavy (non-hydrogen) atoms. The van der Waals surface area contributed by atoms with E-state index in [4.69, 9.17) is 1.37 Å². The van der Waals surface area contributed by atoms with Crippen molar-refractivity contribution in [3.05, 3.63) is 18.2 Å². The van der Waals surface area contributed by atoms with Crippen LogP contribution in [0.25, 0.3) is 0 Å². The summed E-state index contributed by atoms with van der Waals surface area (Å²) < 4.78 is 9.22. The van der Waals surface area contributed by atoms with Crippen LogP contribution in [0.1, 0.15) is 33.3 Å². The number of aryl methyl sites for hydroxylation is 1. The summed E-state index contributed by atoms with van der Waals surface area (Å²) in [5.41, 5.74) is 1.17. The van der Waals surface area contributed by atoms with E-state index in [1.165, 1.54) is 25.0 Å². The Morgan fingerprint density at radius 3 is 3.00 bits per heavy atom. The van der Waals surface area contributed by atoms with Crippen LogP contribution in [0, 0.1) is 0 Å². The Hall–Kier alpha value is -0.790. The summed E-state index contributed by atoms with van der Waals surface area (Å²) in [5.74, 6) is 0. The van der Waals surface area contributed by atoms with Crippen LogP contribution >= 0.6 is 0 Å². The summed E-state index contributed by atoms with van der Waals surface area (Å²) in [6.45, 7) is 2.19. The van der Waals surface area contributed by atoms with Gasteiger partial charge in [-0.3, -0.25) is 0 Å². The number of unbranched alkanes of at least 4 members (excludes halogenated alkanes) is 2. The molecule has 0 amide bonds. The summed E-state index contributed by atoms with van der Waals surface area (Å²) in [6.07, 6.45) is 6.93. The molecule has 0 fully saturated rings. The molecule has 0 saturated carbocycles. The van der Waals surface area contributed by atoms with E-state index in [1.54, 1.807) is 6.20 Å². The molecule has 0 saturated heterocycles. The maximum Gasteiger partial charge on any atom is 0.104 e. The lowest BCUT2D eigenvalue weighted by molar-refractivity contribution is 0.686. The molecule has 62 valence electrons. The molecule has 0 N–H and O–H groups in total. The van der Waals surface area contributed by atoms with Gasteiger partial charge in [-0.15, -0.1) is 0 Å². The highest BCUT2D eigenvalue weighted by Crippen LogP contribution is 2.04. The minimum atomic E-state index is 0.362. The van der Waals surface area contributed by atoms with Gasteiger partial charge in [0, 0.05) is 18.9 Å². The van der Waals surface area contributed by atoms with E-state index in [-0.39, 0.29) is 0 Å². The molecule has 0 aliphatic carbocycles. The van der Waals surface area contributed by atoms with Gasteiger partial charge in [-0.25, -0.2) is 4.98 Å². The molecular weight excluding hydrogens is 136 g/mol. The number of imidazole rings is 1. The van der Waals surface area contributed by atoms with E-state index in [0.29, 0.717) is 6.30 Å². The van der Waals surface area contributed by atoms with Crippen LogP contribution in [0.3, 0.4) is 0 Å². The smallest absolute Gasteiger partial charge is 0.104 e. The topological polar surface area (TPSA) is 17.8 Å². The zero-order valence-corrected chi connectivity index (χ0v) is 7.30. The van der Waals surface area contributed by atoms with Gasteiger partial charge in [-0.05, 0) is 12.8 Å². The van der Waals surface area contributed by atoms with Gasteiger partial charge in [0.2, 0.25) is 0 Å². The van der Waals surface area contributed by atoms with E-state index in [9.17, 15) is 0 Å². The summed E-state index contributed by atoms with van der Waals surface area (Å²) >= 11 is 0. The van der Waals surface area contributed by atoms with Gasteiger partial charge in [-0.1, -0.05) is 19.8 Å². The number of aromatic nitrogens is 2. The molecule has 0 atom stereocenters. The van der Waals surface area contributed by atoms with Crippen LogP contribution in [0.15, 0.2) is 12.5 Å². The van der Waals surface area contributed by atoms with Crippen LogP contribution in [0.5, 0.6) is 0 Å². The number of nitrogens with zero attached hydrogens (tertiary/aromatic N) is 2. The summed E-state index contributed by atoms with van der Waals surface area (Å²) in [6, 6.07) is 0. The van der Waals surface area contributed by atoms with E-state index in [1.807, 2.05) is 11.6 Å². The maximum atomic E-state index is 7.37. The predicted molar refractivity (Wildman–Crippen MR) is 46.4 cm³/mol. The van der Waals surface area contributed by atoms with Crippen LogP contribution < -0.4 is 0 Å². The first-order valence-electron chi connectivity index (χ1n) is 4.73. The van der Waals surface area contributed by atoms with Gasteiger partial charge < -0.3 is 4.57 Å². The fraction of sp³-hybridized carbons (Fsp3) is 0.667. The van der Waals surface area contributed by atoms with Crippen molar-refractivity contribution in [2.45, 2.75) is 32.6 Å². The van der Waals surface area contributed by atoms with E-state index in [2.05, 4.69) is 11.9 Å². The molecule has 0 aliphatic rings. The molecule has 2 heteroatoms. The molecule has 1 heterocycles. The normalized spacial score (nSPS) is 11.6. The van der Waals surface area contributed by atoms with Gasteiger partial charge in [0.1, 0.15) is 1.37 Å². The molecule has 0 aromatic carbocycles. The zero-order chi connectivity index (χ0) is 8.97. The van der Waals surface area contributed by atoms with Crippen LogP contribution in [0.4, 0.5) is 0 Å². The van der Waals surface area contributed by atoms with Crippen molar-refractivity contribution >= 4 is 0 Å². The van der Waals surface area contributed by atoms with E-state index < -0.39 is 0 Å². The molecule has 1 rings (SSSR count). The number of hydrogen-bond acceptors (Lipinski definition) is 1. The second-order valence-corrected chi connectivity index (χ2v) is 2.87. The Kier molecular flexibility index (Phi) is 2.61. The zero-order valence-electron chi connectivity index (χ0n) is 8.30. The lowest BCUT2D eigenvalue weighted by Gasteiger charge is -1.99. The van der Waals surface area contributed by atoms with E-state index in [0.717, 1.165) is 6.42 Å². The SMILES string of the molecule is [2H]c1ncc(CCCCC)n1C. The Balaban J connectivity index is 2.46. The lowest BCUT2D eigenvalue weighted by Crippen LogP contribution is -1.94. The first-order chi connectivity index (χ1) is 5.75. The van der Waals surface area contributed by atoms with Crippen molar-refractivity contribution in [2.24, 2.45) is 7.05 Å². The summed E-state index contributed by atoms with van der Waals surface area (Å²) in [4.78, 5) is 3.92. The molecule has 0 spiro atoms. The molecule has 0 bridgehead atoms. The second kappa shape index (κ2) is 4.16. The Morgan fingerprint density at radius 2 is 2.45 bits per heavy atom. The second-order valence-electron chi connectivity index (χ2n) is 2.87. The average molecular weight is 153 g/mol. The summed E-state index contributed by atoms with van der Waals surface area (Å²) in [7, 11) is 1.90. The first-order valence-corrected chi connectivity index (χ1v) is 4.23. The standard InChI is InChI=1S/C9H16N2/c1-3-4-5-6-9-7-10-8-11(9)2/h7-8H,3-6H2,1-2H3/i8D. The van der Waals surface area contributed by atoms with Gasteiger partial charge in [0.25, 0.3) is 0 Å². The van der Waals surface area contributed by atoms with Crippen molar-refractivity contribution in [1.29, 1.82) is 0 Å². The Labute approximate surface area is 69.7 Å². The van der Waals surface area contributed by atoms with Crippen LogP contribution in [-0.4, -0.2) is 9.55 Å². The molecule has 1 aromatic rings. The third-order valence-corrected chi connectivity index (χ3v) is 1.89. The van der Waals surface area contributed by atoms with Gasteiger partial charge in [0.15, 0.2) is 0 Å². The summed E-state index contributed by atoms with van der Waals surface area (Å²) in [5, 5.41) is 0. The molecular formula is C9H16N2. The Bertz CT molecular complexity index is 243. The first kappa shape index (κ1) is 6.89. The number of hydrogen-bond donors (Lipinski definition) is 0. The van der Waals surface area contributed by atoms with Crippen molar-refractivity contribution in [3.8, 4) is 0 Å². The lowest BCUT2D eigenvalue weighted by atomic mass is 10.2. The van der Waals surface area contributed by atoms with Crippen LogP contribution in [-0.2, 0) is 13.5 Å². The fourth-order valence-corrected chi connectivity index (χ4v) is 1.13. The average Bonchev–Trinajstić information content (AvgIpc) is 2.36. The molecule has 2 nitrogen and oxygen atoms in total. The highest BCUT2D eigenvalue weighted by molar-refractivity contribution is 4.97. The molecule has 0 radical (unpaired) electrons.